The van der Waals surface area contributed by atoms with E-state index in [0.717, 1.165) is 31.0 Å². The third-order valence-corrected chi connectivity index (χ3v) is 6.76. The largest absolute Gasteiger partial charge is 0.493 e. The van der Waals surface area contributed by atoms with E-state index in [-0.39, 0.29) is 0 Å². The van der Waals surface area contributed by atoms with E-state index in [1.807, 2.05) is 0 Å². The fourth-order valence-corrected chi connectivity index (χ4v) is 5.18. The molecule has 1 fully saturated rings. The van der Waals surface area contributed by atoms with Gasteiger partial charge in [-0.3, -0.25) is 4.90 Å². The first-order valence-electron chi connectivity index (χ1n) is 10.2. The summed E-state index contributed by atoms with van der Waals surface area (Å²) in [5.41, 5.74) is 4.62. The Morgan fingerprint density at radius 1 is 1.00 bits per heavy atom. The summed E-state index contributed by atoms with van der Waals surface area (Å²) in [5.74, 6) is 1.68. The molecule has 1 heterocycles. The van der Waals surface area contributed by atoms with Gasteiger partial charge >= 0.3 is 0 Å². The van der Waals surface area contributed by atoms with Gasteiger partial charge in [-0.15, -0.1) is 0 Å². The van der Waals surface area contributed by atoms with Gasteiger partial charge in [-0.05, 0) is 55.0 Å². The lowest BCUT2D eigenvalue weighted by Crippen LogP contribution is -2.43. The fraction of sp³-hybridized carbons (Fsp3) is 0.500. The molecule has 27 heavy (non-hydrogen) atoms. The Bertz CT molecular complexity index is 780. The highest BCUT2D eigenvalue weighted by Gasteiger charge is 2.39. The number of hydrogen-bond donors (Lipinski definition) is 0. The van der Waals surface area contributed by atoms with Crippen LogP contribution in [0.5, 0.6) is 11.5 Å². The highest BCUT2D eigenvalue weighted by atomic mass is 16.5. The van der Waals surface area contributed by atoms with Gasteiger partial charge in [0.15, 0.2) is 11.5 Å². The lowest BCUT2D eigenvalue weighted by molar-refractivity contribution is 0.150. The molecule has 0 bridgehead atoms. The molecule has 4 rings (SSSR count). The maximum atomic E-state index is 5.56. The SMILES string of the molecule is COc1cc2c(cc1OC)[C@@H](C)N(CC1(c3ccccc3)CCCC1)CC2. The quantitative estimate of drug-likeness (QED) is 0.733. The summed E-state index contributed by atoms with van der Waals surface area (Å²) in [6.07, 6.45) is 6.38. The Morgan fingerprint density at radius 2 is 1.67 bits per heavy atom. The van der Waals surface area contributed by atoms with Crippen LogP contribution in [0, 0.1) is 0 Å². The van der Waals surface area contributed by atoms with Crippen LogP contribution in [-0.2, 0) is 11.8 Å². The molecular formula is C24H31NO2. The molecule has 2 aliphatic rings. The molecule has 144 valence electrons. The lowest BCUT2D eigenvalue weighted by Gasteiger charge is -2.42. The number of methoxy groups -OCH3 is 2. The number of benzene rings is 2. The molecule has 2 aromatic carbocycles. The highest BCUT2D eigenvalue weighted by Crippen LogP contribution is 2.45. The smallest absolute Gasteiger partial charge is 0.161 e. The summed E-state index contributed by atoms with van der Waals surface area (Å²) >= 11 is 0. The van der Waals surface area contributed by atoms with Gasteiger partial charge < -0.3 is 9.47 Å². The van der Waals surface area contributed by atoms with E-state index in [0.29, 0.717) is 11.5 Å². The summed E-state index contributed by atoms with van der Waals surface area (Å²) in [6, 6.07) is 16.0. The van der Waals surface area contributed by atoms with Crippen LogP contribution in [-0.4, -0.2) is 32.2 Å². The molecule has 1 aliphatic heterocycles. The minimum Gasteiger partial charge on any atom is -0.493 e. The summed E-state index contributed by atoms with van der Waals surface area (Å²) in [5, 5.41) is 0. The minimum atomic E-state index is 0.309. The van der Waals surface area contributed by atoms with E-state index in [9.17, 15) is 0 Å². The van der Waals surface area contributed by atoms with Crippen molar-refractivity contribution in [3.8, 4) is 11.5 Å². The maximum Gasteiger partial charge on any atom is 0.161 e. The lowest BCUT2D eigenvalue weighted by atomic mass is 9.77. The molecule has 0 N–H and O–H groups in total. The van der Waals surface area contributed by atoms with Crippen molar-refractivity contribution in [2.45, 2.75) is 50.5 Å². The van der Waals surface area contributed by atoms with Gasteiger partial charge in [0.1, 0.15) is 0 Å². The molecule has 1 saturated carbocycles. The summed E-state index contributed by atoms with van der Waals surface area (Å²) < 4.78 is 11.1. The zero-order valence-corrected chi connectivity index (χ0v) is 16.8. The second-order valence-corrected chi connectivity index (χ2v) is 8.16. The van der Waals surface area contributed by atoms with Crippen LogP contribution in [0.15, 0.2) is 42.5 Å². The maximum absolute atomic E-state index is 5.56. The monoisotopic (exact) mass is 365 g/mol. The zero-order valence-electron chi connectivity index (χ0n) is 16.8. The Kier molecular flexibility index (Phi) is 5.14. The molecule has 0 radical (unpaired) electrons. The fourth-order valence-electron chi connectivity index (χ4n) is 5.18. The number of fused-ring (bicyclic) bond motifs is 1. The predicted molar refractivity (Wildman–Crippen MR) is 110 cm³/mol. The standard InChI is InChI=1S/C24H31NO2/c1-18-21-16-23(27-3)22(26-2)15-19(21)11-14-25(18)17-24(12-7-8-13-24)20-9-5-4-6-10-20/h4-6,9-10,15-16,18H,7-8,11-14,17H2,1-3H3/t18-/m1/s1. The van der Waals surface area contributed by atoms with Crippen LogP contribution in [0.25, 0.3) is 0 Å². The summed E-state index contributed by atoms with van der Waals surface area (Å²) in [6.45, 7) is 4.60. The van der Waals surface area contributed by atoms with E-state index in [1.54, 1.807) is 14.2 Å². The van der Waals surface area contributed by atoms with Crippen molar-refractivity contribution in [2.75, 3.05) is 27.3 Å². The Balaban J connectivity index is 1.62. The molecule has 0 amide bonds. The molecule has 2 aromatic rings. The number of ether oxygens (including phenoxy) is 2. The van der Waals surface area contributed by atoms with Crippen molar-refractivity contribution in [3.63, 3.8) is 0 Å². The molecule has 1 atom stereocenters. The van der Waals surface area contributed by atoms with E-state index >= 15 is 0 Å². The zero-order chi connectivity index (χ0) is 18.9. The van der Waals surface area contributed by atoms with Crippen molar-refractivity contribution in [3.05, 3.63) is 59.2 Å². The van der Waals surface area contributed by atoms with Crippen LogP contribution >= 0.6 is 0 Å². The second kappa shape index (κ2) is 7.55. The van der Waals surface area contributed by atoms with Crippen molar-refractivity contribution < 1.29 is 9.47 Å². The first-order valence-corrected chi connectivity index (χ1v) is 10.2. The molecule has 0 aromatic heterocycles. The Labute approximate surface area is 163 Å². The minimum absolute atomic E-state index is 0.309. The average molecular weight is 366 g/mol. The van der Waals surface area contributed by atoms with Crippen molar-refractivity contribution in [1.82, 2.24) is 4.90 Å². The Morgan fingerprint density at radius 3 is 2.33 bits per heavy atom. The van der Waals surface area contributed by atoms with Gasteiger partial charge in [-0.1, -0.05) is 43.2 Å². The number of rotatable bonds is 5. The Hall–Kier alpha value is -2.00. The predicted octanol–water partition coefficient (Wildman–Crippen LogP) is 5.13. The topological polar surface area (TPSA) is 21.7 Å². The van der Waals surface area contributed by atoms with Crippen molar-refractivity contribution >= 4 is 0 Å². The summed E-state index contributed by atoms with van der Waals surface area (Å²) in [7, 11) is 3.44. The van der Waals surface area contributed by atoms with Crippen LogP contribution in [0.2, 0.25) is 0 Å². The molecule has 0 spiro atoms. The third-order valence-electron chi connectivity index (χ3n) is 6.76. The van der Waals surface area contributed by atoms with Gasteiger partial charge in [0, 0.05) is 24.5 Å². The van der Waals surface area contributed by atoms with E-state index in [4.69, 9.17) is 9.47 Å². The van der Waals surface area contributed by atoms with E-state index in [1.165, 1.54) is 42.4 Å². The van der Waals surface area contributed by atoms with Crippen LogP contribution in [0.4, 0.5) is 0 Å². The number of hydrogen-bond acceptors (Lipinski definition) is 3. The average Bonchev–Trinajstić information content (AvgIpc) is 3.20. The molecular weight excluding hydrogens is 334 g/mol. The number of nitrogens with zero attached hydrogens (tertiary/aromatic N) is 1. The van der Waals surface area contributed by atoms with Gasteiger partial charge in [-0.2, -0.15) is 0 Å². The van der Waals surface area contributed by atoms with E-state index < -0.39 is 0 Å². The van der Waals surface area contributed by atoms with Gasteiger partial charge in [0.25, 0.3) is 0 Å². The normalized spacial score (nSPS) is 21.7. The van der Waals surface area contributed by atoms with Crippen molar-refractivity contribution in [2.24, 2.45) is 0 Å². The first-order chi connectivity index (χ1) is 13.2. The van der Waals surface area contributed by atoms with Crippen LogP contribution in [0.1, 0.15) is 55.3 Å². The molecule has 0 saturated heterocycles. The molecule has 3 heteroatoms. The molecule has 0 unspecified atom stereocenters. The van der Waals surface area contributed by atoms with Gasteiger partial charge in [0.2, 0.25) is 0 Å². The van der Waals surface area contributed by atoms with Gasteiger partial charge in [0.05, 0.1) is 14.2 Å². The van der Waals surface area contributed by atoms with Crippen molar-refractivity contribution in [1.29, 1.82) is 0 Å². The van der Waals surface area contributed by atoms with E-state index in [2.05, 4.69) is 54.3 Å². The summed E-state index contributed by atoms with van der Waals surface area (Å²) in [4.78, 5) is 2.69. The van der Waals surface area contributed by atoms with Crippen LogP contribution < -0.4 is 9.47 Å². The highest BCUT2D eigenvalue weighted by molar-refractivity contribution is 5.49. The van der Waals surface area contributed by atoms with Crippen LogP contribution in [0.3, 0.4) is 0 Å². The first kappa shape index (κ1) is 18.4. The molecule has 3 nitrogen and oxygen atoms in total. The second-order valence-electron chi connectivity index (χ2n) is 8.16. The molecule has 1 aliphatic carbocycles. The third kappa shape index (κ3) is 3.34. The van der Waals surface area contributed by atoms with Gasteiger partial charge in [-0.25, -0.2) is 0 Å².